The Kier molecular flexibility index (Phi) is 3.55. The Bertz CT molecular complexity index is 626. The van der Waals surface area contributed by atoms with Crippen LogP contribution in [0.4, 0.5) is 5.69 Å². The largest absolute Gasteiger partial charge is 0.399 e. The van der Waals surface area contributed by atoms with Gasteiger partial charge in [-0.15, -0.1) is 0 Å². The topological polar surface area (TPSA) is 38.4 Å². The molecular weight excluding hydrogens is 244 g/mol. The quantitative estimate of drug-likeness (QED) is 0.818. The zero-order valence-corrected chi connectivity index (χ0v) is 11.8. The number of hydrogen-bond acceptors (Lipinski definition) is 2. The minimum absolute atomic E-state index is 0.461. The molecule has 2 nitrogen and oxygen atoms in total. The Hall–Kier alpha value is -2.09. The van der Waals surface area contributed by atoms with Crippen LogP contribution in [0.3, 0.4) is 0 Å². The number of aliphatic imine (C=N–C) groups is 1. The third kappa shape index (κ3) is 2.34. The number of benzene rings is 2. The SMILES string of the molecule is CCN=C1CCC(c2ccc(N)cc2)c2ccccc21. The molecule has 0 amide bonds. The van der Waals surface area contributed by atoms with Crippen molar-refractivity contribution in [1.82, 2.24) is 0 Å². The molecule has 0 bridgehead atoms. The van der Waals surface area contributed by atoms with Gasteiger partial charge in [0.1, 0.15) is 0 Å². The van der Waals surface area contributed by atoms with Gasteiger partial charge in [-0.25, -0.2) is 0 Å². The van der Waals surface area contributed by atoms with Crippen LogP contribution >= 0.6 is 0 Å². The molecule has 0 spiro atoms. The third-order valence-corrected chi connectivity index (χ3v) is 4.00. The van der Waals surface area contributed by atoms with Gasteiger partial charge in [0.2, 0.25) is 0 Å². The maximum absolute atomic E-state index is 5.79. The zero-order valence-electron chi connectivity index (χ0n) is 11.8. The second-order valence-electron chi connectivity index (χ2n) is 5.27. The van der Waals surface area contributed by atoms with Crippen molar-refractivity contribution >= 4 is 11.4 Å². The molecule has 0 fully saturated rings. The molecule has 0 saturated carbocycles. The number of nitrogen functional groups attached to an aromatic ring is 1. The lowest BCUT2D eigenvalue weighted by molar-refractivity contribution is 0.721. The van der Waals surface area contributed by atoms with Crippen LogP contribution in [0.2, 0.25) is 0 Å². The van der Waals surface area contributed by atoms with Gasteiger partial charge in [-0.1, -0.05) is 36.4 Å². The van der Waals surface area contributed by atoms with Crippen molar-refractivity contribution in [3.63, 3.8) is 0 Å². The first kappa shape index (κ1) is 12.9. The van der Waals surface area contributed by atoms with Crippen molar-refractivity contribution in [3.8, 4) is 0 Å². The number of nitrogens with two attached hydrogens (primary N) is 1. The minimum atomic E-state index is 0.461. The number of fused-ring (bicyclic) bond motifs is 1. The van der Waals surface area contributed by atoms with Gasteiger partial charge in [0, 0.05) is 23.9 Å². The van der Waals surface area contributed by atoms with E-state index in [0.717, 1.165) is 25.1 Å². The standard InChI is InChI=1S/C18H20N2/c1-2-20-18-12-11-15(13-7-9-14(19)10-8-13)16-5-3-4-6-17(16)18/h3-10,15H,2,11-12,19H2,1H3. The summed E-state index contributed by atoms with van der Waals surface area (Å²) in [5, 5.41) is 0. The lowest BCUT2D eigenvalue weighted by Crippen LogP contribution is -2.17. The van der Waals surface area contributed by atoms with E-state index in [9.17, 15) is 0 Å². The van der Waals surface area contributed by atoms with Gasteiger partial charge in [0.15, 0.2) is 0 Å². The molecule has 0 heterocycles. The first-order valence-electron chi connectivity index (χ1n) is 7.27. The molecule has 2 heteroatoms. The highest BCUT2D eigenvalue weighted by Gasteiger charge is 2.24. The summed E-state index contributed by atoms with van der Waals surface area (Å²) in [6.45, 7) is 2.96. The summed E-state index contributed by atoms with van der Waals surface area (Å²) < 4.78 is 0. The molecule has 0 saturated heterocycles. The van der Waals surface area contributed by atoms with E-state index in [1.54, 1.807) is 0 Å². The predicted octanol–water partition coefficient (Wildman–Crippen LogP) is 4.00. The van der Waals surface area contributed by atoms with Crippen LogP contribution in [-0.2, 0) is 0 Å². The number of anilines is 1. The van der Waals surface area contributed by atoms with Gasteiger partial charge in [-0.3, -0.25) is 4.99 Å². The molecule has 2 aromatic carbocycles. The molecule has 1 aliphatic carbocycles. The van der Waals surface area contributed by atoms with Crippen LogP contribution in [0.25, 0.3) is 0 Å². The first-order valence-corrected chi connectivity index (χ1v) is 7.27. The Balaban J connectivity index is 2.05. The van der Waals surface area contributed by atoms with E-state index in [1.807, 2.05) is 12.1 Å². The zero-order chi connectivity index (χ0) is 13.9. The van der Waals surface area contributed by atoms with Crippen LogP contribution in [0, 0.1) is 0 Å². The molecule has 1 aliphatic rings. The fraction of sp³-hybridized carbons (Fsp3) is 0.278. The van der Waals surface area contributed by atoms with Gasteiger partial charge in [0.05, 0.1) is 0 Å². The molecule has 1 unspecified atom stereocenters. The molecule has 2 aromatic rings. The van der Waals surface area contributed by atoms with Crippen LogP contribution in [0.1, 0.15) is 42.4 Å². The Morgan fingerprint density at radius 3 is 2.60 bits per heavy atom. The summed E-state index contributed by atoms with van der Waals surface area (Å²) in [5.41, 5.74) is 11.9. The highest BCUT2D eigenvalue weighted by Crippen LogP contribution is 2.37. The molecular formula is C18H20N2. The van der Waals surface area contributed by atoms with E-state index in [0.29, 0.717) is 5.92 Å². The number of rotatable bonds is 2. The van der Waals surface area contributed by atoms with Crippen LogP contribution in [-0.4, -0.2) is 12.3 Å². The van der Waals surface area contributed by atoms with E-state index in [1.165, 1.54) is 22.4 Å². The van der Waals surface area contributed by atoms with E-state index < -0.39 is 0 Å². The first-order chi connectivity index (χ1) is 9.79. The second kappa shape index (κ2) is 5.49. The fourth-order valence-corrected chi connectivity index (χ4v) is 3.06. The fourth-order valence-electron chi connectivity index (χ4n) is 3.06. The van der Waals surface area contributed by atoms with Crippen molar-refractivity contribution < 1.29 is 0 Å². The third-order valence-electron chi connectivity index (χ3n) is 4.00. The average Bonchev–Trinajstić information content (AvgIpc) is 2.49. The molecule has 2 N–H and O–H groups in total. The smallest absolute Gasteiger partial charge is 0.0423 e. The molecule has 1 atom stereocenters. The van der Waals surface area contributed by atoms with Gasteiger partial charge in [-0.2, -0.15) is 0 Å². The van der Waals surface area contributed by atoms with Crippen LogP contribution in [0.5, 0.6) is 0 Å². The highest BCUT2D eigenvalue weighted by atomic mass is 14.7. The summed E-state index contributed by atoms with van der Waals surface area (Å²) in [4.78, 5) is 4.66. The van der Waals surface area contributed by atoms with E-state index in [-0.39, 0.29) is 0 Å². The number of hydrogen-bond donors (Lipinski definition) is 1. The molecule has 3 rings (SSSR count). The monoisotopic (exact) mass is 264 g/mol. The van der Waals surface area contributed by atoms with Gasteiger partial charge in [0.25, 0.3) is 0 Å². The Morgan fingerprint density at radius 2 is 1.85 bits per heavy atom. The number of nitrogens with zero attached hydrogens (tertiary/aromatic N) is 1. The van der Waals surface area contributed by atoms with E-state index in [4.69, 9.17) is 5.73 Å². The minimum Gasteiger partial charge on any atom is -0.399 e. The second-order valence-corrected chi connectivity index (χ2v) is 5.27. The normalized spacial score (nSPS) is 19.9. The van der Waals surface area contributed by atoms with E-state index in [2.05, 4.69) is 48.3 Å². The van der Waals surface area contributed by atoms with Crippen molar-refractivity contribution in [2.45, 2.75) is 25.7 Å². The Morgan fingerprint density at radius 1 is 1.10 bits per heavy atom. The summed E-state index contributed by atoms with van der Waals surface area (Å²) in [6.07, 6.45) is 2.18. The lowest BCUT2D eigenvalue weighted by atomic mass is 9.78. The average molecular weight is 264 g/mol. The summed E-state index contributed by atoms with van der Waals surface area (Å²) in [5.74, 6) is 0.461. The van der Waals surface area contributed by atoms with Gasteiger partial charge >= 0.3 is 0 Å². The maximum atomic E-state index is 5.79. The van der Waals surface area contributed by atoms with Crippen LogP contribution < -0.4 is 5.73 Å². The molecule has 0 aliphatic heterocycles. The van der Waals surface area contributed by atoms with Crippen molar-refractivity contribution in [3.05, 3.63) is 65.2 Å². The van der Waals surface area contributed by atoms with Gasteiger partial charge < -0.3 is 5.73 Å². The maximum Gasteiger partial charge on any atom is 0.0423 e. The highest BCUT2D eigenvalue weighted by molar-refractivity contribution is 6.03. The van der Waals surface area contributed by atoms with E-state index >= 15 is 0 Å². The van der Waals surface area contributed by atoms with Crippen molar-refractivity contribution in [1.29, 1.82) is 0 Å². The van der Waals surface area contributed by atoms with Crippen molar-refractivity contribution in [2.75, 3.05) is 12.3 Å². The molecule has 20 heavy (non-hydrogen) atoms. The van der Waals surface area contributed by atoms with Gasteiger partial charge in [-0.05, 0) is 48.6 Å². The van der Waals surface area contributed by atoms with Crippen molar-refractivity contribution in [2.24, 2.45) is 4.99 Å². The molecule has 0 aromatic heterocycles. The lowest BCUT2D eigenvalue weighted by Gasteiger charge is -2.27. The molecule has 102 valence electrons. The predicted molar refractivity (Wildman–Crippen MR) is 85.5 cm³/mol. The summed E-state index contributed by atoms with van der Waals surface area (Å²) in [6, 6.07) is 17.0. The summed E-state index contributed by atoms with van der Waals surface area (Å²) >= 11 is 0. The van der Waals surface area contributed by atoms with Crippen LogP contribution in [0.15, 0.2) is 53.5 Å². The summed E-state index contributed by atoms with van der Waals surface area (Å²) in [7, 11) is 0. The Labute approximate surface area is 120 Å². The molecule has 0 radical (unpaired) electrons.